The first-order valence-corrected chi connectivity index (χ1v) is 11.5. The molecule has 3 aromatic rings. The number of hydroxylamine groups is 3. The molecule has 0 amide bonds. The Hall–Kier alpha value is -4.35. The lowest BCUT2D eigenvalue weighted by atomic mass is 9.80. The van der Waals surface area contributed by atoms with Gasteiger partial charge in [0.1, 0.15) is 13.1 Å². The van der Waals surface area contributed by atoms with Crippen molar-refractivity contribution in [2.45, 2.75) is 32.9 Å². The van der Waals surface area contributed by atoms with E-state index in [0.717, 1.165) is 5.56 Å². The van der Waals surface area contributed by atoms with Crippen LogP contribution in [0, 0.1) is 15.3 Å². The van der Waals surface area contributed by atoms with Gasteiger partial charge in [-0.15, -0.1) is 0 Å². The number of esters is 1. The number of nitrogens with zero attached hydrogens (tertiary/aromatic N) is 4. The molecule has 0 bridgehead atoms. The molecule has 1 aliphatic heterocycles. The van der Waals surface area contributed by atoms with E-state index >= 15 is 0 Å². The van der Waals surface area contributed by atoms with Crippen LogP contribution in [0.4, 0.5) is 5.69 Å². The maximum Gasteiger partial charge on any atom is 0.336 e. The van der Waals surface area contributed by atoms with Gasteiger partial charge in [0.2, 0.25) is 5.82 Å². The minimum atomic E-state index is -0.778. The molecule has 192 valence electrons. The number of dihydropyridines is 1. The summed E-state index contributed by atoms with van der Waals surface area (Å²) in [4.78, 5) is 28.3. The molecule has 0 aliphatic carbocycles. The first kappa shape index (κ1) is 25.7. The van der Waals surface area contributed by atoms with Crippen molar-refractivity contribution < 1.29 is 23.6 Å². The van der Waals surface area contributed by atoms with Crippen LogP contribution >= 0.6 is 0 Å². The van der Waals surface area contributed by atoms with E-state index in [2.05, 4.69) is 15.5 Å². The zero-order valence-corrected chi connectivity index (χ0v) is 20.9. The second-order valence-electron chi connectivity index (χ2n) is 9.09. The van der Waals surface area contributed by atoms with Crippen molar-refractivity contribution in [2.75, 3.05) is 14.2 Å². The summed E-state index contributed by atoms with van der Waals surface area (Å²) in [6.45, 7) is 3.68. The van der Waals surface area contributed by atoms with Crippen LogP contribution in [0.5, 0.6) is 0 Å². The fourth-order valence-corrected chi connectivity index (χ4v) is 4.56. The molecule has 2 aromatic carbocycles. The number of hydrogen-bond donors (Lipinski definition) is 1. The Morgan fingerprint density at radius 3 is 2.54 bits per heavy atom. The molecule has 0 saturated carbocycles. The summed E-state index contributed by atoms with van der Waals surface area (Å²) in [5, 5.41) is 31.8. The number of non-ortho nitro benzene ring substituents is 1. The number of allylic oxidation sites excluding steroid dienone is 3. The molecule has 4 rings (SSSR count). The summed E-state index contributed by atoms with van der Waals surface area (Å²) in [7, 11) is 2.80. The maximum absolute atomic E-state index is 13.2. The zero-order chi connectivity index (χ0) is 26.7. The van der Waals surface area contributed by atoms with Crippen molar-refractivity contribution in [3.63, 3.8) is 0 Å². The van der Waals surface area contributed by atoms with E-state index < -0.39 is 21.5 Å². The van der Waals surface area contributed by atoms with Gasteiger partial charge in [0, 0.05) is 34.7 Å². The van der Waals surface area contributed by atoms with E-state index in [1.54, 1.807) is 26.0 Å². The summed E-state index contributed by atoms with van der Waals surface area (Å²) in [5.74, 6) is -1.07. The van der Waals surface area contributed by atoms with Crippen molar-refractivity contribution in [3.05, 3.63) is 110 Å². The molecule has 2 heterocycles. The Bertz CT molecular complexity index is 1390. The number of nitrogens with one attached hydrogen (secondary N) is 1. The smallest absolute Gasteiger partial charge is 0.336 e. The predicted molar refractivity (Wildman–Crippen MR) is 134 cm³/mol. The number of nitro benzene ring substituents is 1. The van der Waals surface area contributed by atoms with Crippen LogP contribution in [0.3, 0.4) is 0 Å². The first-order valence-electron chi connectivity index (χ1n) is 11.5. The van der Waals surface area contributed by atoms with Crippen molar-refractivity contribution in [3.8, 4) is 0 Å². The van der Waals surface area contributed by atoms with Gasteiger partial charge in [-0.1, -0.05) is 47.6 Å². The highest BCUT2D eigenvalue weighted by molar-refractivity contribution is 5.96. The van der Waals surface area contributed by atoms with Crippen LogP contribution in [-0.2, 0) is 22.6 Å². The van der Waals surface area contributed by atoms with E-state index in [9.17, 15) is 20.1 Å². The molecule has 1 aliphatic rings. The van der Waals surface area contributed by atoms with E-state index in [4.69, 9.17) is 9.26 Å². The van der Waals surface area contributed by atoms with Gasteiger partial charge in [-0.2, -0.15) is 4.98 Å². The summed E-state index contributed by atoms with van der Waals surface area (Å²) in [5.41, 5.74) is 3.13. The Morgan fingerprint density at radius 2 is 1.86 bits per heavy atom. The topological polar surface area (TPSA) is 143 Å². The van der Waals surface area contributed by atoms with Gasteiger partial charge in [-0.25, -0.2) is 4.79 Å². The van der Waals surface area contributed by atoms with Gasteiger partial charge < -0.3 is 24.4 Å². The van der Waals surface area contributed by atoms with Crippen LogP contribution in [0.15, 0.2) is 76.1 Å². The van der Waals surface area contributed by atoms with Crippen molar-refractivity contribution in [2.24, 2.45) is 0 Å². The van der Waals surface area contributed by atoms with Crippen LogP contribution < -0.4 is 5.32 Å². The molecule has 1 aromatic heterocycles. The molecule has 2 atom stereocenters. The number of aromatic nitrogens is 2. The fourth-order valence-electron chi connectivity index (χ4n) is 4.56. The number of benzene rings is 2. The molecule has 2 unspecified atom stereocenters. The Balaban J connectivity index is 1.73. The lowest BCUT2D eigenvalue weighted by molar-refractivity contribution is -0.888. The highest BCUT2D eigenvalue weighted by Gasteiger charge is 2.37. The largest absolute Gasteiger partial charge is 0.632 e. The summed E-state index contributed by atoms with van der Waals surface area (Å²) in [6, 6.07) is 15.4. The molecule has 0 spiro atoms. The van der Waals surface area contributed by atoms with Crippen LogP contribution in [0.2, 0.25) is 0 Å². The third kappa shape index (κ3) is 5.57. The highest BCUT2D eigenvalue weighted by atomic mass is 16.6. The number of quaternary nitrogens is 1. The monoisotopic (exact) mass is 505 g/mol. The predicted octanol–water partition coefficient (Wildman–Crippen LogP) is 4.19. The molecular formula is C26H27N5O6. The summed E-state index contributed by atoms with van der Waals surface area (Å²) >= 11 is 0. The van der Waals surface area contributed by atoms with Gasteiger partial charge in [-0.05, 0) is 19.4 Å². The fraction of sp³-hybridized carbons (Fsp3) is 0.269. The average molecular weight is 506 g/mol. The average Bonchev–Trinajstić information content (AvgIpc) is 3.30. The maximum atomic E-state index is 13.2. The van der Waals surface area contributed by atoms with Crippen LogP contribution in [0.25, 0.3) is 5.57 Å². The standard InChI is InChI=1S/C26H27N5O6/c1-16-22(25-28-21(29-37-25)15-31(3,35)14-18-9-6-5-7-10-18)24(23(17(2)27-16)26(32)36-4)19-11-8-12-20(13-19)30(33)34/h5-13,24,27H,14-15H2,1-4H3. The molecule has 0 fully saturated rings. The third-order valence-electron chi connectivity index (χ3n) is 6.11. The number of carbonyl (C=O) groups excluding carboxylic acids is 1. The van der Waals surface area contributed by atoms with Crippen molar-refractivity contribution in [1.29, 1.82) is 0 Å². The van der Waals surface area contributed by atoms with Gasteiger partial charge in [-0.3, -0.25) is 10.1 Å². The van der Waals surface area contributed by atoms with E-state index in [0.29, 0.717) is 22.5 Å². The van der Waals surface area contributed by atoms with Gasteiger partial charge >= 0.3 is 5.97 Å². The van der Waals surface area contributed by atoms with E-state index in [-0.39, 0.29) is 36.1 Å². The van der Waals surface area contributed by atoms with Crippen LogP contribution in [0.1, 0.15) is 42.6 Å². The third-order valence-corrected chi connectivity index (χ3v) is 6.11. The quantitative estimate of drug-likeness (QED) is 0.206. The number of nitro groups is 1. The van der Waals surface area contributed by atoms with E-state index in [1.807, 2.05) is 30.3 Å². The molecule has 11 heteroatoms. The van der Waals surface area contributed by atoms with Crippen LogP contribution in [-0.4, -0.2) is 39.8 Å². The number of rotatable bonds is 8. The number of carbonyl (C=O) groups is 1. The Morgan fingerprint density at radius 1 is 1.14 bits per heavy atom. The normalized spacial score (nSPS) is 17.3. The molecule has 0 radical (unpaired) electrons. The van der Waals surface area contributed by atoms with Gasteiger partial charge in [0.25, 0.3) is 11.6 Å². The molecule has 1 N–H and O–H groups in total. The lowest BCUT2D eigenvalue weighted by Gasteiger charge is -2.37. The SMILES string of the molecule is COC(=O)C1=C(C)NC(C)=C(c2nc(C[N+](C)([O-])Cc3ccccc3)no2)C1c1cccc([N+](=O)[O-])c1. The van der Waals surface area contributed by atoms with Crippen molar-refractivity contribution in [1.82, 2.24) is 15.5 Å². The second kappa shape index (κ2) is 10.3. The van der Waals surface area contributed by atoms with Gasteiger partial charge in [0.05, 0.1) is 30.6 Å². The number of ether oxygens (including phenoxy) is 1. The highest BCUT2D eigenvalue weighted by Crippen LogP contribution is 2.43. The summed E-state index contributed by atoms with van der Waals surface area (Å²) in [6.07, 6.45) is 0. The van der Waals surface area contributed by atoms with E-state index in [1.165, 1.54) is 26.3 Å². The summed E-state index contributed by atoms with van der Waals surface area (Å²) < 4.78 is 9.96. The molecular weight excluding hydrogens is 478 g/mol. The minimum absolute atomic E-state index is 0.0433. The Labute approximate surface area is 213 Å². The zero-order valence-electron chi connectivity index (χ0n) is 20.9. The van der Waals surface area contributed by atoms with Crippen molar-refractivity contribution >= 4 is 17.2 Å². The number of hydrogen-bond acceptors (Lipinski definition) is 9. The van der Waals surface area contributed by atoms with Gasteiger partial charge in [0.15, 0.2) is 0 Å². The lowest BCUT2D eigenvalue weighted by Crippen LogP contribution is -2.36. The Kier molecular flexibility index (Phi) is 7.18. The molecule has 11 nitrogen and oxygen atoms in total. The molecule has 37 heavy (non-hydrogen) atoms. The minimum Gasteiger partial charge on any atom is -0.632 e. The first-order chi connectivity index (χ1) is 17.6. The number of methoxy groups -OCH3 is 1. The second-order valence-corrected chi connectivity index (χ2v) is 9.09. The molecule has 0 saturated heterocycles.